The van der Waals surface area contributed by atoms with Crippen LogP contribution in [0.1, 0.15) is 4.88 Å². The summed E-state index contributed by atoms with van der Waals surface area (Å²) in [6.07, 6.45) is 1.63. The summed E-state index contributed by atoms with van der Waals surface area (Å²) in [5, 5.41) is 0. The molecule has 0 aliphatic rings. The number of hydrogen-bond acceptors (Lipinski definition) is 2. The molecule has 2 heteroatoms. The summed E-state index contributed by atoms with van der Waals surface area (Å²) >= 11 is 1.44. The minimum atomic E-state index is 0.773. The maximum atomic E-state index is 5.23. The standard InChI is InChI=1S/C4H3NS/c1-4-2-5-3-6-4/h1-3H. The van der Waals surface area contributed by atoms with E-state index < -0.39 is 0 Å². The summed E-state index contributed by atoms with van der Waals surface area (Å²) in [5.41, 5.74) is 1.70. The lowest BCUT2D eigenvalue weighted by Gasteiger charge is -1.62. The molecule has 6 heavy (non-hydrogen) atoms. The molecule has 1 aromatic heterocycles. The van der Waals surface area contributed by atoms with Crippen LogP contribution in [0.25, 0.3) is 0 Å². The van der Waals surface area contributed by atoms with Crippen molar-refractivity contribution >= 4 is 11.3 Å². The largest absolute Gasteiger partial charge is 0.253 e. The van der Waals surface area contributed by atoms with Crippen LogP contribution >= 0.6 is 11.3 Å². The van der Waals surface area contributed by atoms with E-state index in [2.05, 4.69) is 4.98 Å². The molecule has 0 unspecified atom stereocenters. The Morgan fingerprint density at radius 3 is 2.83 bits per heavy atom. The van der Waals surface area contributed by atoms with Crippen LogP contribution in [-0.2, 0) is 0 Å². The van der Waals surface area contributed by atoms with Crippen molar-refractivity contribution in [1.29, 1.82) is 0 Å². The summed E-state index contributed by atoms with van der Waals surface area (Å²) in [6.45, 7) is 5.23. The Balaban J connectivity index is 3.05. The molecule has 0 aliphatic heterocycles. The number of thiazole rings is 1. The topological polar surface area (TPSA) is 12.9 Å². The average Bonchev–Trinajstić information content (AvgIpc) is 1.86. The van der Waals surface area contributed by atoms with Crippen LogP contribution in [0.4, 0.5) is 0 Å². The van der Waals surface area contributed by atoms with Crippen molar-refractivity contribution in [2.24, 2.45) is 0 Å². The number of hydrogen-bond donors (Lipinski definition) is 0. The maximum absolute atomic E-state index is 5.23. The van der Waals surface area contributed by atoms with Crippen LogP contribution in [-0.4, -0.2) is 4.98 Å². The zero-order valence-corrected chi connectivity index (χ0v) is 3.90. The third kappa shape index (κ3) is 0.571. The minimum absolute atomic E-state index is 0.773. The van der Waals surface area contributed by atoms with E-state index in [4.69, 9.17) is 6.92 Å². The zero-order chi connectivity index (χ0) is 4.41. The van der Waals surface area contributed by atoms with Crippen LogP contribution in [0.5, 0.6) is 0 Å². The SMILES string of the molecule is [CH]c1cncs1. The van der Waals surface area contributed by atoms with Crippen LogP contribution in [0.15, 0.2) is 11.7 Å². The highest BCUT2D eigenvalue weighted by Gasteiger charge is 1.76. The lowest BCUT2D eigenvalue weighted by Crippen LogP contribution is -1.48. The number of nitrogens with zero attached hydrogens (tertiary/aromatic N) is 1. The fourth-order valence-corrected chi connectivity index (χ4v) is 0.591. The van der Waals surface area contributed by atoms with Gasteiger partial charge in [0, 0.05) is 18.0 Å². The molecule has 0 fully saturated rings. The molecular formula is C4H3NS. The van der Waals surface area contributed by atoms with Crippen LogP contribution < -0.4 is 0 Å². The lowest BCUT2D eigenvalue weighted by molar-refractivity contribution is 1.41. The first kappa shape index (κ1) is 3.81. The molecule has 2 radical (unpaired) electrons. The molecule has 0 spiro atoms. The van der Waals surface area contributed by atoms with Gasteiger partial charge in [-0.1, -0.05) is 0 Å². The second-order valence-corrected chi connectivity index (χ2v) is 1.82. The molecule has 1 nitrogen and oxygen atoms in total. The van der Waals surface area contributed by atoms with Gasteiger partial charge in [0.05, 0.1) is 5.51 Å². The molecule has 1 rings (SSSR count). The molecule has 0 saturated heterocycles. The first-order valence-corrected chi connectivity index (χ1v) is 2.41. The summed E-state index contributed by atoms with van der Waals surface area (Å²) in [5.74, 6) is 0. The van der Waals surface area contributed by atoms with Gasteiger partial charge in [0.25, 0.3) is 0 Å². The van der Waals surface area contributed by atoms with Crippen LogP contribution in [0.2, 0.25) is 0 Å². The molecule has 1 aromatic rings. The van der Waals surface area contributed by atoms with Crippen molar-refractivity contribution in [3.8, 4) is 0 Å². The highest BCUT2D eigenvalue weighted by atomic mass is 32.1. The normalized spacial score (nSPS) is 8.83. The first-order chi connectivity index (χ1) is 2.89. The molecule has 1 heterocycles. The summed E-state index contributed by atoms with van der Waals surface area (Å²) < 4.78 is 0. The molecule has 0 saturated carbocycles. The Hall–Kier alpha value is -0.370. The molecule has 0 N–H and O–H groups in total. The van der Waals surface area contributed by atoms with Gasteiger partial charge in [0.2, 0.25) is 0 Å². The van der Waals surface area contributed by atoms with Gasteiger partial charge in [-0.2, -0.15) is 0 Å². The Labute approximate surface area is 40.7 Å². The maximum Gasteiger partial charge on any atom is 0.0794 e. The van der Waals surface area contributed by atoms with E-state index in [1.165, 1.54) is 11.3 Å². The average molecular weight is 97.1 g/mol. The van der Waals surface area contributed by atoms with Crippen LogP contribution in [0.3, 0.4) is 0 Å². The highest BCUT2D eigenvalue weighted by Crippen LogP contribution is 1.99. The van der Waals surface area contributed by atoms with Crippen molar-refractivity contribution in [1.82, 2.24) is 4.98 Å². The molecule has 30 valence electrons. The van der Waals surface area contributed by atoms with Crippen molar-refractivity contribution < 1.29 is 0 Å². The molecule has 0 atom stereocenters. The van der Waals surface area contributed by atoms with E-state index in [1.807, 2.05) is 0 Å². The van der Waals surface area contributed by atoms with Crippen molar-refractivity contribution in [3.05, 3.63) is 23.5 Å². The van der Waals surface area contributed by atoms with Crippen molar-refractivity contribution in [3.63, 3.8) is 0 Å². The van der Waals surface area contributed by atoms with Gasteiger partial charge >= 0.3 is 0 Å². The van der Waals surface area contributed by atoms with Gasteiger partial charge in [-0.3, -0.25) is 4.98 Å². The zero-order valence-electron chi connectivity index (χ0n) is 3.09. The first-order valence-electron chi connectivity index (χ1n) is 1.53. The quantitative estimate of drug-likeness (QED) is 0.474. The number of rotatable bonds is 0. The van der Waals surface area contributed by atoms with Crippen LogP contribution in [0, 0.1) is 6.92 Å². The summed E-state index contributed by atoms with van der Waals surface area (Å²) in [4.78, 5) is 4.49. The third-order valence-electron chi connectivity index (χ3n) is 0.451. The number of aromatic nitrogens is 1. The fraction of sp³-hybridized carbons (Fsp3) is 0. The van der Waals surface area contributed by atoms with E-state index in [9.17, 15) is 0 Å². The van der Waals surface area contributed by atoms with Crippen molar-refractivity contribution in [2.75, 3.05) is 0 Å². The Morgan fingerprint density at radius 1 is 1.83 bits per heavy atom. The van der Waals surface area contributed by atoms with Gasteiger partial charge in [0.15, 0.2) is 0 Å². The monoisotopic (exact) mass is 97.0 g/mol. The van der Waals surface area contributed by atoms with Gasteiger partial charge < -0.3 is 0 Å². The van der Waals surface area contributed by atoms with E-state index >= 15 is 0 Å². The second-order valence-electron chi connectivity index (χ2n) is 0.904. The van der Waals surface area contributed by atoms with Gasteiger partial charge in [-0.25, -0.2) is 0 Å². The van der Waals surface area contributed by atoms with Gasteiger partial charge in [-0.05, 0) is 0 Å². The van der Waals surface area contributed by atoms with E-state index in [-0.39, 0.29) is 0 Å². The summed E-state index contributed by atoms with van der Waals surface area (Å²) in [6, 6.07) is 0. The van der Waals surface area contributed by atoms with E-state index in [0.29, 0.717) is 0 Å². The molecule has 0 aromatic carbocycles. The molecule has 0 bridgehead atoms. The predicted molar refractivity (Wildman–Crippen MR) is 25.5 cm³/mol. The predicted octanol–water partition coefficient (Wildman–Crippen LogP) is 1.20. The molecular weight excluding hydrogens is 94.1 g/mol. The van der Waals surface area contributed by atoms with Gasteiger partial charge in [-0.15, -0.1) is 11.3 Å². The third-order valence-corrected chi connectivity index (χ3v) is 1.06. The van der Waals surface area contributed by atoms with Crippen molar-refractivity contribution in [2.45, 2.75) is 0 Å². The highest BCUT2D eigenvalue weighted by molar-refractivity contribution is 7.09. The Bertz CT molecular complexity index is 111. The molecule has 0 amide bonds. The van der Waals surface area contributed by atoms with E-state index in [1.54, 1.807) is 11.7 Å². The smallest absolute Gasteiger partial charge is 0.0794 e. The molecule has 0 aliphatic carbocycles. The van der Waals surface area contributed by atoms with Gasteiger partial charge in [0.1, 0.15) is 0 Å². The summed E-state index contributed by atoms with van der Waals surface area (Å²) in [7, 11) is 0. The lowest BCUT2D eigenvalue weighted by atomic mass is 10.7. The Morgan fingerprint density at radius 2 is 2.67 bits per heavy atom. The fourth-order valence-electron chi connectivity index (χ4n) is 0.226. The van der Waals surface area contributed by atoms with E-state index in [0.717, 1.165) is 4.88 Å². The Kier molecular flexibility index (Phi) is 0.881. The minimum Gasteiger partial charge on any atom is -0.253 e. The second kappa shape index (κ2) is 1.39.